The van der Waals surface area contributed by atoms with Crippen molar-refractivity contribution in [3.05, 3.63) is 27.1 Å². The van der Waals surface area contributed by atoms with Gasteiger partial charge in [0, 0.05) is 6.20 Å². The molecule has 88 valence electrons. The van der Waals surface area contributed by atoms with Crippen LogP contribution in [0.3, 0.4) is 0 Å². The first-order valence-corrected chi connectivity index (χ1v) is 5.21. The molecule has 7 heteroatoms. The predicted molar refractivity (Wildman–Crippen MR) is 57.7 cm³/mol. The lowest BCUT2D eigenvalue weighted by Crippen LogP contribution is -2.11. The van der Waals surface area contributed by atoms with Gasteiger partial charge in [-0.15, -0.1) is 0 Å². The van der Waals surface area contributed by atoms with Crippen LogP contribution in [0.1, 0.15) is 11.1 Å². The Labute approximate surface area is 103 Å². The Morgan fingerprint density at radius 1 is 1.56 bits per heavy atom. The van der Waals surface area contributed by atoms with Crippen molar-refractivity contribution in [2.45, 2.75) is 12.6 Å². The zero-order chi connectivity index (χ0) is 12.3. The normalized spacial score (nSPS) is 11.3. The van der Waals surface area contributed by atoms with Crippen molar-refractivity contribution in [2.24, 2.45) is 0 Å². The number of carbonyl (C=O) groups excluding carboxylic acids is 1. The van der Waals surface area contributed by atoms with Gasteiger partial charge in [-0.2, -0.15) is 13.2 Å². The Morgan fingerprint density at radius 2 is 2.19 bits per heavy atom. The number of pyridine rings is 1. The fourth-order valence-corrected chi connectivity index (χ4v) is 1.49. The molecule has 0 saturated heterocycles. The number of aromatic nitrogens is 1. The number of esters is 1. The summed E-state index contributed by atoms with van der Waals surface area (Å²) < 4.78 is 41.8. The van der Waals surface area contributed by atoms with Crippen molar-refractivity contribution < 1.29 is 22.7 Å². The minimum absolute atomic E-state index is 0.210. The molecule has 0 atom stereocenters. The summed E-state index contributed by atoms with van der Waals surface area (Å²) in [6, 6.07) is 0.908. The van der Waals surface area contributed by atoms with Crippen LogP contribution in [0.2, 0.25) is 0 Å². The summed E-state index contributed by atoms with van der Waals surface area (Å²) in [6.07, 6.45) is -3.93. The number of halogens is 4. The van der Waals surface area contributed by atoms with Gasteiger partial charge in [0.05, 0.1) is 19.1 Å². The predicted octanol–water partition coefficient (Wildman–Crippen LogP) is 2.42. The van der Waals surface area contributed by atoms with Crippen LogP contribution in [0.4, 0.5) is 13.2 Å². The first-order valence-electron chi connectivity index (χ1n) is 4.13. The van der Waals surface area contributed by atoms with Crippen molar-refractivity contribution in [3.8, 4) is 0 Å². The second-order valence-corrected chi connectivity index (χ2v) is 3.95. The molecule has 0 saturated carbocycles. The van der Waals surface area contributed by atoms with Gasteiger partial charge in [-0.25, -0.2) is 4.98 Å². The maximum Gasteiger partial charge on any atom is 0.417 e. The summed E-state index contributed by atoms with van der Waals surface area (Å²) in [5, 5.41) is 0. The molecule has 0 fully saturated rings. The lowest BCUT2D eigenvalue weighted by Gasteiger charge is -2.09. The molecule has 0 aliphatic rings. The van der Waals surface area contributed by atoms with E-state index in [9.17, 15) is 18.0 Å². The summed E-state index contributed by atoms with van der Waals surface area (Å²) in [4.78, 5) is 14.6. The number of ether oxygens (including phenoxy) is 1. The van der Waals surface area contributed by atoms with Crippen molar-refractivity contribution in [1.82, 2.24) is 4.98 Å². The monoisotopic (exact) mass is 345 g/mol. The molecule has 0 unspecified atom stereocenters. The van der Waals surface area contributed by atoms with E-state index in [2.05, 4.69) is 9.72 Å². The summed E-state index contributed by atoms with van der Waals surface area (Å²) >= 11 is 1.77. The van der Waals surface area contributed by atoms with E-state index >= 15 is 0 Å². The van der Waals surface area contributed by atoms with E-state index < -0.39 is 17.7 Å². The zero-order valence-electron chi connectivity index (χ0n) is 8.14. The van der Waals surface area contributed by atoms with Crippen LogP contribution in [0.5, 0.6) is 0 Å². The van der Waals surface area contributed by atoms with Crippen molar-refractivity contribution in [2.75, 3.05) is 7.11 Å². The molecule has 3 nitrogen and oxygen atoms in total. The molecule has 1 aromatic rings. The van der Waals surface area contributed by atoms with Crippen LogP contribution in [0.15, 0.2) is 12.3 Å². The molecule has 0 aliphatic carbocycles. The quantitative estimate of drug-likeness (QED) is 0.470. The van der Waals surface area contributed by atoms with Gasteiger partial charge in [-0.3, -0.25) is 4.79 Å². The summed E-state index contributed by atoms with van der Waals surface area (Å²) in [6.45, 7) is 0. The van der Waals surface area contributed by atoms with Crippen LogP contribution in [0.25, 0.3) is 0 Å². The van der Waals surface area contributed by atoms with Gasteiger partial charge in [-0.1, -0.05) is 0 Å². The number of rotatable bonds is 2. The highest BCUT2D eigenvalue weighted by Gasteiger charge is 2.31. The molecular weight excluding hydrogens is 338 g/mol. The average Bonchev–Trinajstić information content (AvgIpc) is 2.19. The highest BCUT2D eigenvalue weighted by atomic mass is 127. The van der Waals surface area contributed by atoms with Crippen LogP contribution in [-0.4, -0.2) is 18.1 Å². The standard InChI is InChI=1S/C9H7F3INO2/c1-16-7(15)3-5-2-6(9(10,11)12)4-14-8(5)13/h2,4H,3H2,1H3. The third kappa shape index (κ3) is 3.32. The molecule has 1 rings (SSSR count). The van der Waals surface area contributed by atoms with E-state index in [0.717, 1.165) is 12.3 Å². The average molecular weight is 345 g/mol. The maximum absolute atomic E-state index is 12.4. The van der Waals surface area contributed by atoms with Crippen LogP contribution >= 0.6 is 22.6 Å². The lowest BCUT2D eigenvalue weighted by atomic mass is 10.1. The van der Waals surface area contributed by atoms with Gasteiger partial charge in [-0.05, 0) is 34.2 Å². The Bertz CT molecular complexity index is 406. The summed E-state index contributed by atoms with van der Waals surface area (Å²) in [5.74, 6) is -0.598. The lowest BCUT2D eigenvalue weighted by molar-refractivity contribution is -0.140. The Kier molecular flexibility index (Phi) is 4.11. The minimum atomic E-state index is -4.46. The van der Waals surface area contributed by atoms with Gasteiger partial charge >= 0.3 is 12.1 Å². The van der Waals surface area contributed by atoms with Gasteiger partial charge < -0.3 is 4.74 Å². The number of hydrogen-bond acceptors (Lipinski definition) is 3. The van der Waals surface area contributed by atoms with E-state index in [4.69, 9.17) is 0 Å². The van der Waals surface area contributed by atoms with Gasteiger partial charge in [0.2, 0.25) is 0 Å². The molecule has 0 aromatic carbocycles. The Morgan fingerprint density at radius 3 is 2.69 bits per heavy atom. The SMILES string of the molecule is COC(=O)Cc1cc(C(F)(F)F)cnc1I. The highest BCUT2D eigenvalue weighted by Crippen LogP contribution is 2.30. The van der Waals surface area contributed by atoms with Crippen molar-refractivity contribution in [3.63, 3.8) is 0 Å². The highest BCUT2D eigenvalue weighted by molar-refractivity contribution is 14.1. The Balaban J connectivity index is 3.04. The van der Waals surface area contributed by atoms with Crippen molar-refractivity contribution >= 4 is 28.6 Å². The van der Waals surface area contributed by atoms with Gasteiger partial charge in [0.25, 0.3) is 0 Å². The summed E-state index contributed by atoms with van der Waals surface area (Å²) in [5.41, 5.74) is -0.658. The molecule has 0 aliphatic heterocycles. The number of hydrogen-bond donors (Lipinski definition) is 0. The van der Waals surface area contributed by atoms with Crippen molar-refractivity contribution in [1.29, 1.82) is 0 Å². The minimum Gasteiger partial charge on any atom is -0.469 e. The molecule has 0 N–H and O–H groups in total. The van der Waals surface area contributed by atoms with E-state index in [-0.39, 0.29) is 12.0 Å². The molecule has 0 spiro atoms. The second kappa shape index (κ2) is 4.98. The smallest absolute Gasteiger partial charge is 0.417 e. The molecule has 16 heavy (non-hydrogen) atoms. The zero-order valence-corrected chi connectivity index (χ0v) is 10.3. The van der Waals surface area contributed by atoms with Crippen LogP contribution in [-0.2, 0) is 22.1 Å². The first-order chi connectivity index (χ1) is 7.34. The molecular formula is C9H7F3INO2. The second-order valence-electron chi connectivity index (χ2n) is 2.92. The first kappa shape index (κ1) is 13.2. The van der Waals surface area contributed by atoms with E-state index in [0.29, 0.717) is 3.70 Å². The summed E-state index contributed by atoms with van der Waals surface area (Å²) in [7, 11) is 1.18. The fraction of sp³-hybridized carbons (Fsp3) is 0.333. The molecule has 0 radical (unpaired) electrons. The van der Waals surface area contributed by atoms with Gasteiger partial charge in [0.15, 0.2) is 0 Å². The Hall–Kier alpha value is -0.860. The largest absolute Gasteiger partial charge is 0.469 e. The molecule has 0 bridgehead atoms. The maximum atomic E-state index is 12.4. The van der Waals surface area contributed by atoms with Gasteiger partial charge in [0.1, 0.15) is 3.70 Å². The number of nitrogens with zero attached hydrogens (tertiary/aromatic N) is 1. The third-order valence-corrected chi connectivity index (χ3v) is 2.77. The number of carbonyl (C=O) groups is 1. The molecule has 1 aromatic heterocycles. The number of methoxy groups -OCH3 is 1. The van der Waals surface area contributed by atoms with Crippen LogP contribution in [0, 0.1) is 3.70 Å². The fourth-order valence-electron chi connectivity index (χ4n) is 1.00. The van der Waals surface area contributed by atoms with E-state index in [1.807, 2.05) is 0 Å². The van der Waals surface area contributed by atoms with E-state index in [1.54, 1.807) is 22.6 Å². The third-order valence-electron chi connectivity index (χ3n) is 1.80. The van der Waals surface area contributed by atoms with Crippen LogP contribution < -0.4 is 0 Å². The molecule has 1 heterocycles. The number of alkyl halides is 3. The topological polar surface area (TPSA) is 39.2 Å². The molecule has 0 amide bonds. The van der Waals surface area contributed by atoms with E-state index in [1.165, 1.54) is 7.11 Å².